The number of aromatic nitrogens is 6. The van der Waals surface area contributed by atoms with Gasteiger partial charge in [0.2, 0.25) is 0 Å². The molecule has 2 aliphatic heterocycles. The molecule has 11 nitrogen and oxygen atoms in total. The van der Waals surface area contributed by atoms with Gasteiger partial charge >= 0.3 is 6.09 Å². The normalized spacial score (nSPS) is 19.6. The third-order valence-electron chi connectivity index (χ3n) is 10.1. The molecule has 3 fully saturated rings. The predicted molar refractivity (Wildman–Crippen MR) is 177 cm³/mol. The third kappa shape index (κ3) is 4.97. The number of ether oxygens (including phenoxy) is 2. The van der Waals surface area contributed by atoms with Crippen LogP contribution >= 0.6 is 0 Å². The topological polar surface area (TPSA) is 116 Å². The minimum atomic E-state index is -0.505. The Morgan fingerprint density at radius 2 is 1.87 bits per heavy atom. The highest BCUT2D eigenvalue weighted by Crippen LogP contribution is 2.57. The van der Waals surface area contributed by atoms with E-state index in [9.17, 15) is 10.1 Å². The van der Waals surface area contributed by atoms with E-state index < -0.39 is 5.60 Å². The second kappa shape index (κ2) is 10.7. The van der Waals surface area contributed by atoms with Gasteiger partial charge in [-0.05, 0) is 77.1 Å². The molecule has 1 amide bonds. The number of benzene rings is 2. The molecule has 2 aromatic carbocycles. The van der Waals surface area contributed by atoms with Crippen molar-refractivity contribution in [2.45, 2.75) is 70.6 Å². The summed E-state index contributed by atoms with van der Waals surface area (Å²) in [6.07, 6.45) is 8.35. The zero-order chi connectivity index (χ0) is 32.7. The van der Waals surface area contributed by atoms with Gasteiger partial charge in [0.05, 0.1) is 46.4 Å². The van der Waals surface area contributed by atoms with Gasteiger partial charge in [-0.15, -0.1) is 0 Å². The van der Waals surface area contributed by atoms with Crippen LogP contribution in [0, 0.1) is 16.7 Å². The van der Waals surface area contributed by atoms with Crippen LogP contribution in [0.5, 0.6) is 0 Å². The summed E-state index contributed by atoms with van der Waals surface area (Å²) < 4.78 is 17.7. The quantitative estimate of drug-likeness (QED) is 0.217. The molecule has 1 atom stereocenters. The lowest BCUT2D eigenvalue weighted by atomic mass is 9.57. The molecule has 1 saturated carbocycles. The molecule has 242 valence electrons. The van der Waals surface area contributed by atoms with Gasteiger partial charge in [0.25, 0.3) is 0 Å². The van der Waals surface area contributed by atoms with E-state index in [1.54, 1.807) is 0 Å². The van der Waals surface area contributed by atoms with Crippen LogP contribution in [0.1, 0.15) is 76.4 Å². The van der Waals surface area contributed by atoms with Crippen molar-refractivity contribution >= 4 is 27.9 Å². The average molecular weight is 633 g/mol. The van der Waals surface area contributed by atoms with Gasteiger partial charge in [0.1, 0.15) is 11.4 Å². The van der Waals surface area contributed by atoms with Crippen LogP contribution in [-0.2, 0) is 23.6 Å². The Bertz CT molecular complexity index is 2070. The first-order valence-corrected chi connectivity index (χ1v) is 16.5. The van der Waals surface area contributed by atoms with E-state index in [-0.39, 0.29) is 23.7 Å². The number of amides is 1. The Labute approximate surface area is 273 Å². The minimum absolute atomic E-state index is 0.109. The minimum Gasteiger partial charge on any atom is -0.444 e. The molecule has 5 heterocycles. The predicted octanol–water partition coefficient (Wildman–Crippen LogP) is 6.68. The maximum Gasteiger partial charge on any atom is 0.410 e. The SMILES string of the molecule is Cn1c(C2CC3(C2)CN(C(=O)OC(C)(C)C)C3)nc(-c2ccc3c(cnn3C)c2)c1-c1cc(C#N)cc2c1cnn2C1CCCCO1. The summed E-state index contributed by atoms with van der Waals surface area (Å²) in [5.74, 6) is 1.27. The van der Waals surface area contributed by atoms with E-state index in [2.05, 4.69) is 41.0 Å². The smallest absolute Gasteiger partial charge is 0.410 e. The highest BCUT2D eigenvalue weighted by atomic mass is 16.6. The van der Waals surface area contributed by atoms with Crippen LogP contribution in [-0.4, -0.2) is 65.4 Å². The Kier molecular flexibility index (Phi) is 6.74. The van der Waals surface area contributed by atoms with Crippen molar-refractivity contribution in [3.05, 3.63) is 54.1 Å². The molecule has 47 heavy (non-hydrogen) atoms. The second-order valence-electron chi connectivity index (χ2n) is 14.7. The molecule has 3 aromatic heterocycles. The van der Waals surface area contributed by atoms with Crippen LogP contribution in [0.25, 0.3) is 44.3 Å². The summed E-state index contributed by atoms with van der Waals surface area (Å²) in [6.45, 7) is 7.84. The molecule has 5 aromatic rings. The Morgan fingerprint density at radius 1 is 1.06 bits per heavy atom. The van der Waals surface area contributed by atoms with Crippen molar-refractivity contribution < 1.29 is 14.3 Å². The number of nitriles is 1. The van der Waals surface area contributed by atoms with Crippen molar-refractivity contribution in [3.8, 4) is 28.6 Å². The Balaban J connectivity index is 1.20. The van der Waals surface area contributed by atoms with Crippen molar-refractivity contribution in [2.24, 2.45) is 19.5 Å². The second-order valence-corrected chi connectivity index (χ2v) is 14.7. The fourth-order valence-corrected chi connectivity index (χ4v) is 7.90. The average Bonchev–Trinajstić information content (AvgIpc) is 3.70. The molecule has 8 rings (SSSR count). The molecule has 0 bridgehead atoms. The largest absolute Gasteiger partial charge is 0.444 e. The molecule has 2 saturated heterocycles. The Hall–Kier alpha value is -4.69. The van der Waals surface area contributed by atoms with Crippen LogP contribution in [0.3, 0.4) is 0 Å². The molecule has 1 aliphatic carbocycles. The van der Waals surface area contributed by atoms with Crippen LogP contribution in [0.4, 0.5) is 4.79 Å². The summed E-state index contributed by atoms with van der Waals surface area (Å²) >= 11 is 0. The number of rotatable bonds is 4. The van der Waals surface area contributed by atoms with E-state index in [1.165, 1.54) is 0 Å². The van der Waals surface area contributed by atoms with E-state index in [1.807, 2.05) is 66.6 Å². The lowest BCUT2D eigenvalue weighted by Crippen LogP contribution is -2.63. The van der Waals surface area contributed by atoms with Gasteiger partial charge in [-0.1, -0.05) is 6.07 Å². The first-order chi connectivity index (χ1) is 22.5. The van der Waals surface area contributed by atoms with E-state index in [0.29, 0.717) is 25.3 Å². The molecular weight excluding hydrogens is 592 g/mol. The van der Waals surface area contributed by atoms with Gasteiger partial charge in [0.15, 0.2) is 6.23 Å². The zero-order valence-electron chi connectivity index (χ0n) is 27.7. The van der Waals surface area contributed by atoms with Gasteiger partial charge in [-0.3, -0.25) is 4.68 Å². The molecule has 0 N–H and O–H groups in total. The fraction of sp³-hybridized carbons (Fsp3) is 0.472. The first-order valence-electron chi connectivity index (χ1n) is 16.5. The monoisotopic (exact) mass is 632 g/mol. The van der Waals surface area contributed by atoms with Gasteiger partial charge in [-0.2, -0.15) is 15.5 Å². The standard InChI is InChI=1S/C36H40N8O3/c1-35(2,3)47-34(45)43-20-36(21-43)15-25(16-36)33-40-31(23-9-10-28-24(14-23)18-38-42(28)5)32(41(33)4)26-12-22(17-37)13-29-27(26)19-39-44(29)30-8-6-7-11-46-30/h9-10,12-14,18-19,25,30H,6-8,11,15-16,20-21H2,1-5H3. The van der Waals surface area contributed by atoms with E-state index >= 15 is 0 Å². The maximum atomic E-state index is 12.6. The van der Waals surface area contributed by atoms with Crippen LogP contribution in [0.15, 0.2) is 42.7 Å². The first kappa shape index (κ1) is 29.7. The third-order valence-corrected chi connectivity index (χ3v) is 10.1. The highest BCUT2D eigenvalue weighted by Gasteiger charge is 2.55. The number of fused-ring (bicyclic) bond motifs is 2. The number of carbonyl (C=O) groups is 1. The number of aryl methyl sites for hydroxylation is 1. The zero-order valence-corrected chi connectivity index (χ0v) is 27.7. The van der Waals surface area contributed by atoms with Gasteiger partial charge in [0, 0.05) is 67.0 Å². The highest BCUT2D eigenvalue weighted by molar-refractivity contribution is 5.99. The van der Waals surface area contributed by atoms with Crippen molar-refractivity contribution in [1.82, 2.24) is 34.0 Å². The molecule has 3 aliphatic rings. The molecule has 0 radical (unpaired) electrons. The number of hydrogen-bond donors (Lipinski definition) is 0. The van der Waals surface area contributed by atoms with Crippen molar-refractivity contribution in [3.63, 3.8) is 0 Å². The summed E-state index contributed by atoms with van der Waals surface area (Å²) in [5, 5.41) is 21.4. The number of nitrogens with zero attached hydrogens (tertiary/aromatic N) is 8. The molecular formula is C36H40N8O3. The summed E-state index contributed by atoms with van der Waals surface area (Å²) in [4.78, 5) is 19.8. The summed E-state index contributed by atoms with van der Waals surface area (Å²) in [5.41, 5.74) is 5.87. The lowest BCUT2D eigenvalue weighted by molar-refractivity contribution is -0.0800. The lowest BCUT2D eigenvalue weighted by Gasteiger charge is -2.58. The number of carbonyl (C=O) groups excluding carboxylic acids is 1. The molecule has 11 heteroatoms. The molecule has 1 unspecified atom stereocenters. The Morgan fingerprint density at radius 3 is 2.60 bits per heavy atom. The van der Waals surface area contributed by atoms with E-state index in [4.69, 9.17) is 19.6 Å². The summed E-state index contributed by atoms with van der Waals surface area (Å²) in [6, 6.07) is 12.6. The van der Waals surface area contributed by atoms with E-state index in [0.717, 1.165) is 82.2 Å². The number of likely N-dealkylation sites (tertiary alicyclic amines) is 1. The molecule has 1 spiro atoms. The number of imidazole rings is 1. The van der Waals surface area contributed by atoms with Crippen molar-refractivity contribution in [2.75, 3.05) is 19.7 Å². The van der Waals surface area contributed by atoms with Crippen LogP contribution in [0.2, 0.25) is 0 Å². The van der Waals surface area contributed by atoms with Gasteiger partial charge < -0.3 is 18.9 Å². The van der Waals surface area contributed by atoms with Crippen molar-refractivity contribution in [1.29, 1.82) is 5.26 Å². The maximum absolute atomic E-state index is 12.6. The van der Waals surface area contributed by atoms with Crippen LogP contribution < -0.4 is 0 Å². The van der Waals surface area contributed by atoms with Gasteiger partial charge in [-0.25, -0.2) is 14.5 Å². The number of hydrogen-bond acceptors (Lipinski definition) is 7. The fourth-order valence-electron chi connectivity index (χ4n) is 7.90. The summed E-state index contributed by atoms with van der Waals surface area (Å²) in [7, 11) is 4.03.